The lowest BCUT2D eigenvalue weighted by atomic mass is 9.98. The lowest BCUT2D eigenvalue weighted by molar-refractivity contribution is -0.135. The summed E-state index contributed by atoms with van der Waals surface area (Å²) in [6.07, 6.45) is -3.21. The molecule has 0 bridgehead atoms. The molecule has 1 unspecified atom stereocenters. The molecule has 1 aromatic rings. The average Bonchev–Trinajstić information content (AvgIpc) is 2.25. The number of rotatable bonds is 7. The molecule has 1 aromatic carbocycles. The molecule has 0 aliphatic carbocycles. The van der Waals surface area contributed by atoms with Gasteiger partial charge in [-0.2, -0.15) is 13.2 Å². The van der Waals surface area contributed by atoms with Crippen molar-refractivity contribution in [2.75, 3.05) is 6.54 Å². The number of hydrogen-bond acceptors (Lipinski definition) is 1. The molecule has 0 amide bonds. The van der Waals surface area contributed by atoms with Crippen LogP contribution in [-0.2, 0) is 6.42 Å². The van der Waals surface area contributed by atoms with Crippen molar-refractivity contribution in [3.05, 3.63) is 34.9 Å². The van der Waals surface area contributed by atoms with Gasteiger partial charge < -0.3 is 5.32 Å². The summed E-state index contributed by atoms with van der Waals surface area (Å²) >= 11 is 0. The molecule has 1 nitrogen and oxygen atoms in total. The van der Waals surface area contributed by atoms with Gasteiger partial charge in [-0.3, -0.25) is 0 Å². The van der Waals surface area contributed by atoms with Crippen LogP contribution in [0.3, 0.4) is 0 Å². The van der Waals surface area contributed by atoms with Crippen LogP contribution in [0.2, 0.25) is 0 Å². The van der Waals surface area contributed by atoms with E-state index in [4.69, 9.17) is 0 Å². The Labute approximate surface area is 119 Å². The second-order valence-electron chi connectivity index (χ2n) is 5.46. The molecule has 1 atom stereocenters. The minimum Gasteiger partial charge on any atom is -0.314 e. The molecule has 0 saturated carbocycles. The Hall–Kier alpha value is -1.03. The van der Waals surface area contributed by atoms with Crippen molar-refractivity contribution >= 4 is 0 Å². The Bertz CT molecular complexity index is 392. The first-order valence-electron chi connectivity index (χ1n) is 7.17. The number of halogens is 3. The molecule has 0 fully saturated rings. The lowest BCUT2D eigenvalue weighted by Gasteiger charge is -2.19. The molecule has 0 saturated heterocycles. The highest BCUT2D eigenvalue weighted by molar-refractivity contribution is 5.29. The number of benzene rings is 1. The van der Waals surface area contributed by atoms with E-state index >= 15 is 0 Å². The highest BCUT2D eigenvalue weighted by Gasteiger charge is 2.26. The first-order valence-corrected chi connectivity index (χ1v) is 7.17. The molecular weight excluding hydrogens is 263 g/mol. The average molecular weight is 287 g/mol. The zero-order chi connectivity index (χ0) is 15.2. The highest BCUT2D eigenvalue weighted by Crippen LogP contribution is 2.23. The Morgan fingerprint density at radius 3 is 2.20 bits per heavy atom. The van der Waals surface area contributed by atoms with Gasteiger partial charge in [-0.1, -0.05) is 36.2 Å². The summed E-state index contributed by atoms with van der Waals surface area (Å²) in [6, 6.07) is 6.45. The second-order valence-corrected chi connectivity index (χ2v) is 5.46. The minimum absolute atomic E-state index is 0.114. The van der Waals surface area contributed by atoms with Crippen LogP contribution in [0.25, 0.3) is 0 Å². The fourth-order valence-corrected chi connectivity index (χ4v) is 2.59. The monoisotopic (exact) mass is 287 g/mol. The van der Waals surface area contributed by atoms with Gasteiger partial charge in [-0.15, -0.1) is 0 Å². The van der Waals surface area contributed by atoms with Gasteiger partial charge in [-0.05, 0) is 45.2 Å². The fourth-order valence-electron chi connectivity index (χ4n) is 2.59. The quantitative estimate of drug-likeness (QED) is 0.775. The number of alkyl halides is 3. The number of likely N-dealkylation sites (N-methyl/N-ethyl adjacent to an activating group) is 1. The molecule has 0 aliphatic rings. The van der Waals surface area contributed by atoms with E-state index in [1.54, 1.807) is 0 Å². The van der Waals surface area contributed by atoms with E-state index in [9.17, 15) is 13.2 Å². The van der Waals surface area contributed by atoms with E-state index in [0.717, 1.165) is 13.0 Å². The molecule has 0 radical (unpaired) electrons. The molecule has 1 rings (SSSR count). The summed E-state index contributed by atoms with van der Waals surface area (Å²) in [5.74, 6) is 0. The van der Waals surface area contributed by atoms with Crippen molar-refractivity contribution in [2.24, 2.45) is 0 Å². The van der Waals surface area contributed by atoms with Gasteiger partial charge in [0.25, 0.3) is 0 Å². The first kappa shape index (κ1) is 17.0. The Balaban J connectivity index is 2.57. The highest BCUT2D eigenvalue weighted by atomic mass is 19.4. The molecular formula is C16H24F3N. The third-order valence-electron chi connectivity index (χ3n) is 3.27. The van der Waals surface area contributed by atoms with E-state index in [0.29, 0.717) is 6.42 Å². The van der Waals surface area contributed by atoms with Crippen LogP contribution in [0, 0.1) is 13.8 Å². The molecule has 0 heterocycles. The minimum atomic E-state index is -4.04. The maximum absolute atomic E-state index is 12.2. The topological polar surface area (TPSA) is 12.0 Å². The van der Waals surface area contributed by atoms with E-state index in [-0.39, 0.29) is 12.5 Å². The fraction of sp³-hybridized carbons (Fsp3) is 0.625. The Morgan fingerprint density at radius 1 is 1.10 bits per heavy atom. The number of aryl methyl sites for hydroxylation is 2. The summed E-state index contributed by atoms with van der Waals surface area (Å²) in [4.78, 5) is 0. The van der Waals surface area contributed by atoms with Crippen molar-refractivity contribution in [1.29, 1.82) is 0 Å². The van der Waals surface area contributed by atoms with Gasteiger partial charge in [-0.25, -0.2) is 0 Å². The molecule has 4 heteroatoms. The molecule has 1 N–H and O–H groups in total. The smallest absolute Gasteiger partial charge is 0.314 e. The van der Waals surface area contributed by atoms with E-state index in [1.807, 2.05) is 20.8 Å². The van der Waals surface area contributed by atoms with Crippen LogP contribution >= 0.6 is 0 Å². The summed E-state index contributed by atoms with van der Waals surface area (Å²) < 4.78 is 36.6. The van der Waals surface area contributed by atoms with Crippen molar-refractivity contribution in [2.45, 2.75) is 58.7 Å². The molecule has 0 aromatic heterocycles. The van der Waals surface area contributed by atoms with E-state index in [1.165, 1.54) is 16.7 Å². The van der Waals surface area contributed by atoms with Gasteiger partial charge in [0.1, 0.15) is 0 Å². The zero-order valence-electron chi connectivity index (χ0n) is 12.5. The largest absolute Gasteiger partial charge is 0.389 e. The Morgan fingerprint density at radius 2 is 1.70 bits per heavy atom. The van der Waals surface area contributed by atoms with Crippen LogP contribution in [0.5, 0.6) is 0 Å². The van der Waals surface area contributed by atoms with Gasteiger partial charge in [0.05, 0.1) is 0 Å². The predicted octanol–water partition coefficient (Wildman–Crippen LogP) is 4.56. The normalized spacial score (nSPS) is 13.5. The third-order valence-corrected chi connectivity index (χ3v) is 3.27. The van der Waals surface area contributed by atoms with Crippen molar-refractivity contribution < 1.29 is 13.2 Å². The Kier molecular flexibility index (Phi) is 6.53. The first-order chi connectivity index (χ1) is 9.30. The molecule has 0 aliphatic heterocycles. The van der Waals surface area contributed by atoms with Gasteiger partial charge in [0.15, 0.2) is 0 Å². The van der Waals surface area contributed by atoms with E-state index in [2.05, 4.69) is 23.5 Å². The summed E-state index contributed by atoms with van der Waals surface area (Å²) in [5, 5.41) is 3.29. The van der Waals surface area contributed by atoms with Gasteiger partial charge in [0, 0.05) is 12.5 Å². The summed E-state index contributed by atoms with van der Waals surface area (Å²) in [6.45, 7) is 6.85. The lowest BCUT2D eigenvalue weighted by Crippen LogP contribution is -2.31. The van der Waals surface area contributed by atoms with Crippen molar-refractivity contribution in [1.82, 2.24) is 5.32 Å². The predicted molar refractivity (Wildman–Crippen MR) is 77.0 cm³/mol. The second kappa shape index (κ2) is 7.67. The van der Waals surface area contributed by atoms with Crippen LogP contribution in [0.4, 0.5) is 13.2 Å². The molecule has 20 heavy (non-hydrogen) atoms. The number of hydrogen-bond donors (Lipinski definition) is 1. The van der Waals surface area contributed by atoms with Crippen LogP contribution < -0.4 is 5.32 Å². The zero-order valence-corrected chi connectivity index (χ0v) is 12.5. The van der Waals surface area contributed by atoms with Gasteiger partial charge >= 0.3 is 6.18 Å². The molecule has 0 spiro atoms. The number of nitrogens with one attached hydrogen (secondary N) is 1. The van der Waals surface area contributed by atoms with Crippen molar-refractivity contribution in [3.63, 3.8) is 0 Å². The van der Waals surface area contributed by atoms with Crippen LogP contribution in [0.15, 0.2) is 18.2 Å². The van der Waals surface area contributed by atoms with Crippen molar-refractivity contribution in [3.8, 4) is 0 Å². The van der Waals surface area contributed by atoms with E-state index < -0.39 is 12.6 Å². The third kappa shape index (κ3) is 6.94. The van der Waals surface area contributed by atoms with Crippen LogP contribution in [0.1, 0.15) is 42.9 Å². The standard InChI is InChI=1S/C16H24F3N/c1-4-20-15(6-5-7-16(17,18)19)11-14-9-12(2)8-13(3)10-14/h8-10,15,20H,4-7,11H2,1-3H3. The maximum Gasteiger partial charge on any atom is 0.389 e. The SMILES string of the molecule is CCNC(CCCC(F)(F)F)Cc1cc(C)cc(C)c1. The summed E-state index contributed by atoms with van der Waals surface area (Å²) in [5.41, 5.74) is 3.59. The van der Waals surface area contributed by atoms with Crippen LogP contribution in [-0.4, -0.2) is 18.8 Å². The summed E-state index contributed by atoms with van der Waals surface area (Å²) in [7, 11) is 0. The van der Waals surface area contributed by atoms with Gasteiger partial charge in [0.2, 0.25) is 0 Å². The molecule has 114 valence electrons. The maximum atomic E-state index is 12.2.